The molecule has 1 aliphatic carbocycles. The van der Waals surface area contributed by atoms with Gasteiger partial charge in [-0.1, -0.05) is 61.4 Å². The maximum Gasteiger partial charge on any atom is 0.243 e. The molecule has 0 heterocycles. The van der Waals surface area contributed by atoms with E-state index in [9.17, 15) is 14.0 Å². The molecule has 0 spiro atoms. The molecule has 206 valence electrons. The summed E-state index contributed by atoms with van der Waals surface area (Å²) in [5, 5.41) is 3.17. The Balaban J connectivity index is 1.50. The number of benzene rings is 3. The van der Waals surface area contributed by atoms with Crippen LogP contribution < -0.4 is 14.8 Å². The lowest BCUT2D eigenvalue weighted by molar-refractivity contribution is -0.141. The Hall–Kier alpha value is -3.87. The smallest absolute Gasteiger partial charge is 0.243 e. The van der Waals surface area contributed by atoms with Crippen LogP contribution in [0.2, 0.25) is 0 Å². The summed E-state index contributed by atoms with van der Waals surface area (Å²) in [6.07, 6.45) is 5.03. The van der Waals surface area contributed by atoms with Gasteiger partial charge in [0.05, 0.1) is 13.7 Å². The highest BCUT2D eigenvalue weighted by atomic mass is 19.1. The summed E-state index contributed by atoms with van der Waals surface area (Å²) in [6.45, 7) is 0.351. The van der Waals surface area contributed by atoms with E-state index in [1.165, 1.54) is 6.07 Å². The fourth-order valence-electron chi connectivity index (χ4n) is 4.96. The van der Waals surface area contributed by atoms with Crippen molar-refractivity contribution in [3.05, 3.63) is 95.8 Å². The standard InChI is InChI=1S/C32H37FN2O4/c1-38-27-17-19-28(20-18-27)39-21-9-16-31(36)35(23-25-12-5-8-15-29(25)33)30(22-24-10-3-2-4-11-24)32(37)34-26-13-6-7-14-26/h2-5,8,10-12,15,17-20,26,30H,6-7,9,13-14,16,21-23H2,1H3,(H,34,37)/t30-/m0/s1. The van der Waals surface area contributed by atoms with E-state index in [2.05, 4.69) is 5.32 Å². The molecule has 0 bridgehead atoms. The first-order valence-electron chi connectivity index (χ1n) is 13.7. The summed E-state index contributed by atoms with van der Waals surface area (Å²) >= 11 is 0. The normalized spacial score (nSPS) is 14.0. The van der Waals surface area contributed by atoms with Gasteiger partial charge in [0.25, 0.3) is 0 Å². The molecule has 39 heavy (non-hydrogen) atoms. The van der Waals surface area contributed by atoms with Crippen molar-refractivity contribution in [2.75, 3.05) is 13.7 Å². The van der Waals surface area contributed by atoms with Gasteiger partial charge in [0.15, 0.2) is 0 Å². The predicted octanol–water partition coefficient (Wildman–Crippen LogP) is 5.69. The number of halogens is 1. The molecule has 3 aromatic carbocycles. The van der Waals surface area contributed by atoms with E-state index in [1.807, 2.05) is 54.6 Å². The molecular weight excluding hydrogens is 495 g/mol. The molecule has 0 saturated heterocycles. The van der Waals surface area contributed by atoms with E-state index < -0.39 is 11.9 Å². The third kappa shape index (κ3) is 8.31. The monoisotopic (exact) mass is 532 g/mol. The minimum Gasteiger partial charge on any atom is -0.497 e. The number of nitrogens with zero attached hydrogens (tertiary/aromatic N) is 1. The fraction of sp³-hybridized carbons (Fsp3) is 0.375. The first-order chi connectivity index (χ1) is 19.0. The van der Waals surface area contributed by atoms with Crippen LogP contribution >= 0.6 is 0 Å². The molecule has 1 fully saturated rings. The van der Waals surface area contributed by atoms with Crippen LogP contribution in [0.1, 0.15) is 49.7 Å². The first-order valence-corrected chi connectivity index (χ1v) is 13.7. The number of rotatable bonds is 13. The molecule has 2 amide bonds. The van der Waals surface area contributed by atoms with Crippen LogP contribution in [-0.2, 0) is 22.6 Å². The summed E-state index contributed by atoms with van der Waals surface area (Å²) in [4.78, 5) is 28.9. The lowest BCUT2D eigenvalue weighted by Crippen LogP contribution is -2.52. The largest absolute Gasteiger partial charge is 0.497 e. The Morgan fingerprint density at radius 2 is 1.62 bits per heavy atom. The third-order valence-electron chi connectivity index (χ3n) is 7.13. The number of carbonyl (C=O) groups excluding carboxylic acids is 2. The van der Waals surface area contributed by atoms with Crippen LogP contribution in [0, 0.1) is 5.82 Å². The number of amides is 2. The number of hydrogen-bond donors (Lipinski definition) is 1. The van der Waals surface area contributed by atoms with Crippen LogP contribution in [0.3, 0.4) is 0 Å². The highest BCUT2D eigenvalue weighted by Crippen LogP contribution is 2.22. The molecule has 0 unspecified atom stereocenters. The molecule has 1 saturated carbocycles. The van der Waals surface area contributed by atoms with Gasteiger partial charge in [-0.25, -0.2) is 4.39 Å². The Kier molecular flexibility index (Phi) is 10.3. The van der Waals surface area contributed by atoms with Crippen molar-refractivity contribution in [2.24, 2.45) is 0 Å². The second-order valence-corrected chi connectivity index (χ2v) is 9.94. The zero-order valence-corrected chi connectivity index (χ0v) is 22.5. The topological polar surface area (TPSA) is 67.9 Å². The van der Waals surface area contributed by atoms with Crippen molar-refractivity contribution in [2.45, 2.75) is 63.6 Å². The van der Waals surface area contributed by atoms with Crippen molar-refractivity contribution >= 4 is 11.8 Å². The summed E-state index contributed by atoms with van der Waals surface area (Å²) in [7, 11) is 1.60. The molecule has 4 rings (SSSR count). The van der Waals surface area contributed by atoms with Crippen LogP contribution in [-0.4, -0.2) is 42.5 Å². The highest BCUT2D eigenvalue weighted by molar-refractivity contribution is 5.88. The van der Waals surface area contributed by atoms with Crippen molar-refractivity contribution in [3.63, 3.8) is 0 Å². The lowest BCUT2D eigenvalue weighted by Gasteiger charge is -2.32. The molecule has 1 aliphatic rings. The highest BCUT2D eigenvalue weighted by Gasteiger charge is 2.32. The van der Waals surface area contributed by atoms with Crippen LogP contribution in [0.4, 0.5) is 4.39 Å². The fourth-order valence-corrected chi connectivity index (χ4v) is 4.96. The van der Waals surface area contributed by atoms with Crippen LogP contribution in [0.15, 0.2) is 78.9 Å². The van der Waals surface area contributed by atoms with Gasteiger partial charge < -0.3 is 19.7 Å². The molecule has 0 aliphatic heterocycles. The Morgan fingerprint density at radius 3 is 2.31 bits per heavy atom. The van der Waals surface area contributed by atoms with Gasteiger partial charge in [0, 0.05) is 31.0 Å². The molecule has 6 nitrogen and oxygen atoms in total. The van der Waals surface area contributed by atoms with Crippen LogP contribution in [0.25, 0.3) is 0 Å². The van der Waals surface area contributed by atoms with E-state index in [0.717, 1.165) is 37.0 Å². The summed E-state index contributed by atoms with van der Waals surface area (Å²) < 4.78 is 25.7. The quantitative estimate of drug-likeness (QED) is 0.287. The Bertz CT molecular complexity index is 1200. The van der Waals surface area contributed by atoms with E-state index in [-0.39, 0.29) is 30.8 Å². The van der Waals surface area contributed by atoms with Gasteiger partial charge in [0.2, 0.25) is 11.8 Å². The number of methoxy groups -OCH3 is 1. The molecule has 0 aromatic heterocycles. The van der Waals surface area contributed by atoms with Crippen molar-refractivity contribution in [1.82, 2.24) is 10.2 Å². The molecular formula is C32H37FN2O4. The predicted molar refractivity (Wildman–Crippen MR) is 149 cm³/mol. The van der Waals surface area contributed by atoms with Crippen molar-refractivity contribution < 1.29 is 23.5 Å². The van der Waals surface area contributed by atoms with E-state index in [4.69, 9.17) is 9.47 Å². The van der Waals surface area contributed by atoms with Gasteiger partial charge in [-0.05, 0) is 55.2 Å². The zero-order chi connectivity index (χ0) is 27.5. The maximum absolute atomic E-state index is 14.7. The second-order valence-electron chi connectivity index (χ2n) is 9.94. The lowest BCUT2D eigenvalue weighted by atomic mass is 10.0. The summed E-state index contributed by atoms with van der Waals surface area (Å²) in [5.41, 5.74) is 1.32. The molecule has 1 atom stereocenters. The van der Waals surface area contributed by atoms with E-state index in [1.54, 1.807) is 30.2 Å². The minimum absolute atomic E-state index is 0.0143. The number of ether oxygens (including phenoxy) is 2. The van der Waals surface area contributed by atoms with Crippen molar-refractivity contribution in [3.8, 4) is 11.5 Å². The maximum atomic E-state index is 14.7. The van der Waals surface area contributed by atoms with Gasteiger partial charge in [-0.15, -0.1) is 0 Å². The average molecular weight is 533 g/mol. The molecule has 7 heteroatoms. The van der Waals surface area contributed by atoms with Gasteiger partial charge in [-0.3, -0.25) is 9.59 Å². The summed E-state index contributed by atoms with van der Waals surface area (Å²) in [5.74, 6) is 0.628. The van der Waals surface area contributed by atoms with E-state index in [0.29, 0.717) is 30.8 Å². The number of carbonyl (C=O) groups is 2. The summed E-state index contributed by atoms with van der Waals surface area (Å²) in [6, 6.07) is 22.7. The Labute approximate surface area is 230 Å². The van der Waals surface area contributed by atoms with Gasteiger partial charge in [-0.2, -0.15) is 0 Å². The van der Waals surface area contributed by atoms with Crippen LogP contribution in [0.5, 0.6) is 11.5 Å². The number of nitrogens with one attached hydrogen (secondary N) is 1. The van der Waals surface area contributed by atoms with E-state index >= 15 is 0 Å². The number of hydrogen-bond acceptors (Lipinski definition) is 4. The third-order valence-corrected chi connectivity index (χ3v) is 7.13. The second kappa shape index (κ2) is 14.3. The zero-order valence-electron chi connectivity index (χ0n) is 22.5. The molecule has 3 aromatic rings. The minimum atomic E-state index is -0.761. The van der Waals surface area contributed by atoms with Crippen molar-refractivity contribution in [1.29, 1.82) is 0 Å². The SMILES string of the molecule is COc1ccc(OCCCC(=O)N(Cc2ccccc2F)[C@@H](Cc2ccccc2)C(=O)NC2CCCC2)cc1. The molecule has 1 N–H and O–H groups in total. The Morgan fingerprint density at radius 1 is 0.949 bits per heavy atom. The first kappa shape index (κ1) is 28.1. The molecule has 0 radical (unpaired) electrons. The van der Waals surface area contributed by atoms with Gasteiger partial charge in [0.1, 0.15) is 23.4 Å². The van der Waals surface area contributed by atoms with Gasteiger partial charge >= 0.3 is 0 Å². The average Bonchev–Trinajstić information content (AvgIpc) is 3.47.